The molecule has 0 spiro atoms. The molecule has 1 aliphatic rings. The Morgan fingerprint density at radius 1 is 1.10 bits per heavy atom. The van der Waals surface area contributed by atoms with Gasteiger partial charge in [0.2, 0.25) is 10.0 Å². The predicted octanol–water partition coefficient (Wildman–Crippen LogP) is 3.63. The molecule has 1 aromatic rings. The van der Waals surface area contributed by atoms with Crippen LogP contribution in [0.1, 0.15) is 51.0 Å². The molecule has 0 bridgehead atoms. The molecule has 1 atom stereocenters. The van der Waals surface area contributed by atoms with Crippen LogP contribution in [-0.2, 0) is 10.0 Å². The molecule has 0 heterocycles. The highest BCUT2D eigenvalue weighted by atomic mass is 32.2. The molecule has 0 aromatic heterocycles. The smallest absolute Gasteiger partial charge is 0.208 e. The first-order valence-corrected chi connectivity index (χ1v) is 9.07. The molecular formula is C16H25NO2S. The van der Waals surface area contributed by atoms with Crippen LogP contribution in [0.3, 0.4) is 0 Å². The zero-order valence-electron chi connectivity index (χ0n) is 12.4. The van der Waals surface area contributed by atoms with Gasteiger partial charge in [0, 0.05) is 6.04 Å². The Bertz CT molecular complexity index is 531. The molecule has 1 saturated carbocycles. The first kappa shape index (κ1) is 15.5. The van der Waals surface area contributed by atoms with Gasteiger partial charge >= 0.3 is 0 Å². The van der Waals surface area contributed by atoms with Crippen molar-refractivity contribution in [1.29, 1.82) is 0 Å². The zero-order chi connectivity index (χ0) is 14.6. The molecule has 0 aliphatic heterocycles. The SMILES string of the molecule is Cc1ccccc1S(=O)(=O)N[C@@H](C)C1CCCCCC1. The molecular weight excluding hydrogens is 270 g/mol. The van der Waals surface area contributed by atoms with Crippen LogP contribution in [0.4, 0.5) is 0 Å². The largest absolute Gasteiger partial charge is 0.241 e. The van der Waals surface area contributed by atoms with Gasteiger partial charge in [0.1, 0.15) is 0 Å². The monoisotopic (exact) mass is 295 g/mol. The number of aryl methyl sites for hydroxylation is 1. The molecule has 1 aliphatic carbocycles. The van der Waals surface area contributed by atoms with Gasteiger partial charge in [0.15, 0.2) is 0 Å². The van der Waals surface area contributed by atoms with E-state index in [9.17, 15) is 8.42 Å². The van der Waals surface area contributed by atoms with Gasteiger partial charge in [0.25, 0.3) is 0 Å². The zero-order valence-corrected chi connectivity index (χ0v) is 13.2. The van der Waals surface area contributed by atoms with E-state index in [0.717, 1.165) is 18.4 Å². The van der Waals surface area contributed by atoms with E-state index in [1.165, 1.54) is 25.7 Å². The lowest BCUT2D eigenvalue weighted by molar-refractivity contribution is 0.370. The topological polar surface area (TPSA) is 46.2 Å². The van der Waals surface area contributed by atoms with Crippen molar-refractivity contribution in [3.63, 3.8) is 0 Å². The van der Waals surface area contributed by atoms with Crippen LogP contribution in [-0.4, -0.2) is 14.5 Å². The van der Waals surface area contributed by atoms with E-state index in [-0.39, 0.29) is 6.04 Å². The Balaban J connectivity index is 2.09. The summed E-state index contributed by atoms with van der Waals surface area (Å²) in [5, 5.41) is 0. The van der Waals surface area contributed by atoms with Gasteiger partial charge in [0.05, 0.1) is 4.90 Å². The average molecular weight is 295 g/mol. The summed E-state index contributed by atoms with van der Waals surface area (Å²) in [6, 6.07) is 7.17. The molecule has 0 unspecified atom stereocenters. The number of nitrogens with one attached hydrogen (secondary N) is 1. The van der Waals surface area contributed by atoms with E-state index in [1.807, 2.05) is 26.0 Å². The highest BCUT2D eigenvalue weighted by Gasteiger charge is 2.25. The molecule has 1 aromatic carbocycles. The number of hydrogen-bond donors (Lipinski definition) is 1. The maximum absolute atomic E-state index is 12.5. The van der Waals surface area contributed by atoms with Gasteiger partial charge in [-0.2, -0.15) is 0 Å². The van der Waals surface area contributed by atoms with E-state index < -0.39 is 10.0 Å². The maximum Gasteiger partial charge on any atom is 0.241 e. The Morgan fingerprint density at radius 3 is 2.30 bits per heavy atom. The van der Waals surface area contributed by atoms with Crippen LogP contribution < -0.4 is 4.72 Å². The van der Waals surface area contributed by atoms with E-state index in [2.05, 4.69) is 4.72 Å². The first-order valence-electron chi connectivity index (χ1n) is 7.58. The van der Waals surface area contributed by atoms with Crippen molar-refractivity contribution in [3.8, 4) is 0 Å². The third-order valence-electron chi connectivity index (χ3n) is 4.33. The standard InChI is InChI=1S/C16H25NO2S/c1-13-9-7-8-12-16(13)20(18,19)17-14(2)15-10-5-3-4-6-11-15/h7-9,12,14-15,17H,3-6,10-11H2,1-2H3/t14-/m0/s1. The second-order valence-corrected chi connectivity index (χ2v) is 7.61. The maximum atomic E-state index is 12.5. The van der Waals surface area contributed by atoms with E-state index >= 15 is 0 Å². The van der Waals surface area contributed by atoms with Gasteiger partial charge in [-0.1, -0.05) is 43.9 Å². The third-order valence-corrected chi connectivity index (χ3v) is 6.05. The summed E-state index contributed by atoms with van der Waals surface area (Å²) in [5.41, 5.74) is 0.799. The lowest BCUT2D eigenvalue weighted by Gasteiger charge is -2.23. The number of benzene rings is 1. The van der Waals surface area contributed by atoms with Crippen molar-refractivity contribution in [3.05, 3.63) is 29.8 Å². The van der Waals surface area contributed by atoms with Crippen molar-refractivity contribution in [1.82, 2.24) is 4.72 Å². The van der Waals surface area contributed by atoms with Crippen LogP contribution in [0.25, 0.3) is 0 Å². The van der Waals surface area contributed by atoms with Gasteiger partial charge in [-0.25, -0.2) is 13.1 Å². The highest BCUT2D eigenvalue weighted by molar-refractivity contribution is 7.89. The summed E-state index contributed by atoms with van der Waals surface area (Å²) in [6.07, 6.45) is 7.29. The summed E-state index contributed by atoms with van der Waals surface area (Å²) in [5.74, 6) is 0.469. The quantitative estimate of drug-likeness (QED) is 0.862. The van der Waals surface area contributed by atoms with E-state index in [4.69, 9.17) is 0 Å². The summed E-state index contributed by atoms with van der Waals surface area (Å²) < 4.78 is 27.8. The Morgan fingerprint density at radius 2 is 1.70 bits per heavy atom. The summed E-state index contributed by atoms with van der Waals surface area (Å²) >= 11 is 0. The minimum atomic E-state index is -3.40. The van der Waals surface area contributed by atoms with Crippen molar-refractivity contribution in [2.24, 2.45) is 5.92 Å². The van der Waals surface area contributed by atoms with E-state index in [0.29, 0.717) is 10.8 Å². The third kappa shape index (κ3) is 3.83. The summed E-state index contributed by atoms with van der Waals surface area (Å²) in [4.78, 5) is 0.403. The normalized spacial score (nSPS) is 19.5. The first-order chi connectivity index (χ1) is 9.50. The Labute approximate surface area is 122 Å². The molecule has 0 saturated heterocycles. The molecule has 2 rings (SSSR count). The average Bonchev–Trinajstić information content (AvgIpc) is 2.67. The molecule has 1 fully saturated rings. The number of sulfonamides is 1. The van der Waals surface area contributed by atoms with Crippen LogP contribution in [0, 0.1) is 12.8 Å². The summed E-state index contributed by atoms with van der Waals surface area (Å²) in [6.45, 7) is 3.84. The highest BCUT2D eigenvalue weighted by Crippen LogP contribution is 2.26. The van der Waals surface area contributed by atoms with Crippen molar-refractivity contribution in [2.75, 3.05) is 0 Å². The Hall–Kier alpha value is -0.870. The molecule has 4 heteroatoms. The lowest BCUT2D eigenvalue weighted by atomic mass is 9.94. The summed E-state index contributed by atoms with van der Waals surface area (Å²) in [7, 11) is -3.40. The molecule has 0 radical (unpaired) electrons. The van der Waals surface area contributed by atoms with Crippen LogP contribution in [0.5, 0.6) is 0 Å². The lowest BCUT2D eigenvalue weighted by Crippen LogP contribution is -2.38. The fourth-order valence-corrected chi connectivity index (χ4v) is 4.63. The molecule has 0 amide bonds. The predicted molar refractivity (Wildman–Crippen MR) is 82.2 cm³/mol. The fraction of sp³-hybridized carbons (Fsp3) is 0.625. The number of rotatable bonds is 4. The molecule has 112 valence electrons. The molecule has 1 N–H and O–H groups in total. The van der Waals surface area contributed by atoms with Gasteiger partial charge in [-0.3, -0.25) is 0 Å². The van der Waals surface area contributed by atoms with Crippen LogP contribution >= 0.6 is 0 Å². The number of hydrogen-bond acceptors (Lipinski definition) is 2. The van der Waals surface area contributed by atoms with E-state index in [1.54, 1.807) is 12.1 Å². The Kier molecular flexibility index (Phi) is 5.22. The molecule has 3 nitrogen and oxygen atoms in total. The van der Waals surface area contributed by atoms with Gasteiger partial charge in [-0.15, -0.1) is 0 Å². The minimum absolute atomic E-state index is 0.0118. The fourth-order valence-electron chi connectivity index (χ4n) is 3.07. The van der Waals surface area contributed by atoms with Crippen molar-refractivity contribution < 1.29 is 8.42 Å². The second-order valence-electron chi connectivity index (χ2n) is 5.93. The van der Waals surface area contributed by atoms with Gasteiger partial charge < -0.3 is 0 Å². The molecule has 20 heavy (non-hydrogen) atoms. The van der Waals surface area contributed by atoms with Crippen LogP contribution in [0.15, 0.2) is 29.2 Å². The minimum Gasteiger partial charge on any atom is -0.208 e. The second kappa shape index (κ2) is 6.72. The van der Waals surface area contributed by atoms with Crippen molar-refractivity contribution >= 4 is 10.0 Å². The van der Waals surface area contributed by atoms with Gasteiger partial charge in [-0.05, 0) is 44.2 Å². The van der Waals surface area contributed by atoms with Crippen LogP contribution in [0.2, 0.25) is 0 Å². The van der Waals surface area contributed by atoms with Crippen molar-refractivity contribution in [2.45, 2.75) is 63.3 Å².